The van der Waals surface area contributed by atoms with Gasteiger partial charge in [-0.2, -0.15) is 0 Å². The molecule has 1 aliphatic heterocycles. The summed E-state index contributed by atoms with van der Waals surface area (Å²) < 4.78 is 0. The molecule has 0 aromatic rings. The van der Waals surface area contributed by atoms with Crippen molar-refractivity contribution in [1.82, 2.24) is 10.6 Å². The van der Waals surface area contributed by atoms with Crippen LogP contribution in [0.5, 0.6) is 0 Å². The summed E-state index contributed by atoms with van der Waals surface area (Å²) in [5.41, 5.74) is 0. The van der Waals surface area contributed by atoms with E-state index >= 15 is 0 Å². The monoisotopic (exact) mass is 212 g/mol. The van der Waals surface area contributed by atoms with Gasteiger partial charge in [-0.05, 0) is 25.2 Å². The number of carbonyl (C=O) groups excluding carboxylic acids is 3. The van der Waals surface area contributed by atoms with Crippen molar-refractivity contribution in [3.05, 3.63) is 12.2 Å². The van der Waals surface area contributed by atoms with Crippen molar-refractivity contribution < 1.29 is 14.4 Å². The number of allylic oxidation sites excluding steroid dienone is 1. The molecule has 0 radical (unpaired) electrons. The standard InChI is InChI=1S/C8H8N2O3S/c1-4(11)2-3-5-6(12)9-8(14)10-7(5)13/h2-3,5H,1H3,(H2,9,10,12,13,14). The first-order valence-corrected chi connectivity index (χ1v) is 4.26. The number of thiocarbonyl (C=S) groups is 1. The molecule has 0 aliphatic carbocycles. The van der Waals surface area contributed by atoms with Crippen molar-refractivity contribution in [3.63, 3.8) is 0 Å². The molecule has 2 N–H and O–H groups in total. The average Bonchev–Trinajstić information content (AvgIpc) is 2.01. The lowest BCUT2D eigenvalue weighted by atomic mass is 10.1. The molecule has 1 aliphatic rings. The minimum atomic E-state index is -0.981. The second-order valence-corrected chi connectivity index (χ2v) is 3.16. The molecular weight excluding hydrogens is 204 g/mol. The zero-order valence-corrected chi connectivity index (χ0v) is 8.18. The lowest BCUT2D eigenvalue weighted by Crippen LogP contribution is -2.54. The largest absolute Gasteiger partial charge is 0.302 e. The number of hydrogen-bond donors (Lipinski definition) is 2. The van der Waals surface area contributed by atoms with E-state index in [1.807, 2.05) is 0 Å². The number of nitrogens with one attached hydrogen (secondary N) is 2. The topological polar surface area (TPSA) is 75.3 Å². The van der Waals surface area contributed by atoms with Crippen molar-refractivity contribution in [2.75, 3.05) is 0 Å². The summed E-state index contributed by atoms with van der Waals surface area (Å²) in [6.45, 7) is 1.33. The Morgan fingerprint density at radius 3 is 2.29 bits per heavy atom. The van der Waals surface area contributed by atoms with Gasteiger partial charge in [0.1, 0.15) is 5.92 Å². The van der Waals surface area contributed by atoms with E-state index in [1.165, 1.54) is 19.1 Å². The van der Waals surface area contributed by atoms with Crippen LogP contribution in [-0.2, 0) is 14.4 Å². The molecule has 0 bridgehead atoms. The van der Waals surface area contributed by atoms with Crippen molar-refractivity contribution in [2.24, 2.45) is 5.92 Å². The van der Waals surface area contributed by atoms with Crippen LogP contribution in [0.2, 0.25) is 0 Å². The molecule has 0 aromatic heterocycles. The van der Waals surface area contributed by atoms with Gasteiger partial charge in [0.2, 0.25) is 11.8 Å². The zero-order valence-electron chi connectivity index (χ0n) is 7.37. The number of amides is 2. The van der Waals surface area contributed by atoms with E-state index in [-0.39, 0.29) is 10.9 Å². The highest BCUT2D eigenvalue weighted by molar-refractivity contribution is 7.80. The van der Waals surface area contributed by atoms with Gasteiger partial charge >= 0.3 is 0 Å². The third kappa shape index (κ3) is 2.46. The van der Waals surface area contributed by atoms with Gasteiger partial charge in [0.05, 0.1) is 0 Å². The molecule has 0 spiro atoms. The highest BCUT2D eigenvalue weighted by atomic mass is 32.1. The van der Waals surface area contributed by atoms with Crippen LogP contribution in [0.25, 0.3) is 0 Å². The smallest absolute Gasteiger partial charge is 0.242 e. The minimum Gasteiger partial charge on any atom is -0.302 e. The first-order chi connectivity index (χ1) is 6.50. The Kier molecular flexibility index (Phi) is 3.08. The Morgan fingerprint density at radius 2 is 1.86 bits per heavy atom. The Hall–Kier alpha value is -1.56. The maximum absolute atomic E-state index is 11.2. The predicted molar refractivity (Wildman–Crippen MR) is 52.2 cm³/mol. The van der Waals surface area contributed by atoms with E-state index in [0.29, 0.717) is 0 Å². The lowest BCUT2D eigenvalue weighted by molar-refractivity contribution is -0.132. The van der Waals surface area contributed by atoms with Crippen LogP contribution < -0.4 is 10.6 Å². The third-order valence-corrected chi connectivity index (χ3v) is 1.77. The van der Waals surface area contributed by atoms with E-state index in [0.717, 1.165) is 0 Å². The van der Waals surface area contributed by atoms with Crippen molar-refractivity contribution in [3.8, 4) is 0 Å². The predicted octanol–water partition coefficient (Wildman–Crippen LogP) is -0.721. The van der Waals surface area contributed by atoms with Gasteiger partial charge in [0.15, 0.2) is 10.9 Å². The van der Waals surface area contributed by atoms with Gasteiger partial charge in [-0.15, -0.1) is 0 Å². The van der Waals surface area contributed by atoms with Crippen molar-refractivity contribution in [2.45, 2.75) is 6.92 Å². The van der Waals surface area contributed by atoms with E-state index in [4.69, 9.17) is 0 Å². The number of carbonyl (C=O) groups is 3. The van der Waals surface area contributed by atoms with Gasteiger partial charge in [-0.1, -0.05) is 6.08 Å². The molecule has 6 heteroatoms. The first-order valence-electron chi connectivity index (χ1n) is 3.85. The van der Waals surface area contributed by atoms with Crippen LogP contribution in [0.3, 0.4) is 0 Å². The minimum absolute atomic E-state index is 0.00697. The van der Waals surface area contributed by atoms with E-state index in [9.17, 15) is 14.4 Å². The number of rotatable bonds is 2. The molecule has 1 saturated heterocycles. The van der Waals surface area contributed by atoms with Crippen LogP contribution in [0.1, 0.15) is 6.92 Å². The van der Waals surface area contributed by atoms with E-state index < -0.39 is 17.7 Å². The molecule has 5 nitrogen and oxygen atoms in total. The van der Waals surface area contributed by atoms with E-state index in [2.05, 4.69) is 22.9 Å². The first kappa shape index (κ1) is 10.5. The molecule has 14 heavy (non-hydrogen) atoms. The molecule has 74 valence electrons. The van der Waals surface area contributed by atoms with Crippen molar-refractivity contribution in [1.29, 1.82) is 0 Å². The number of ketones is 1. The van der Waals surface area contributed by atoms with Crippen LogP contribution in [-0.4, -0.2) is 22.7 Å². The molecule has 0 aromatic carbocycles. The van der Waals surface area contributed by atoms with Crippen molar-refractivity contribution >= 4 is 34.9 Å². The van der Waals surface area contributed by atoms with Crippen LogP contribution in [0, 0.1) is 5.92 Å². The lowest BCUT2D eigenvalue weighted by Gasteiger charge is -2.19. The Labute approximate surface area is 85.5 Å². The molecule has 0 saturated carbocycles. The summed E-state index contributed by atoms with van der Waals surface area (Å²) in [4.78, 5) is 33.0. The normalized spacial score (nSPS) is 18.2. The Bertz CT molecular complexity index is 328. The fourth-order valence-electron chi connectivity index (χ4n) is 0.936. The summed E-state index contributed by atoms with van der Waals surface area (Å²) in [7, 11) is 0. The zero-order chi connectivity index (χ0) is 10.7. The van der Waals surface area contributed by atoms with Crippen LogP contribution >= 0.6 is 12.2 Å². The van der Waals surface area contributed by atoms with Gasteiger partial charge in [0.25, 0.3) is 0 Å². The maximum atomic E-state index is 11.2. The van der Waals surface area contributed by atoms with Crippen LogP contribution in [0.4, 0.5) is 0 Å². The second kappa shape index (κ2) is 4.10. The quantitative estimate of drug-likeness (QED) is 0.360. The van der Waals surface area contributed by atoms with Crippen LogP contribution in [0.15, 0.2) is 12.2 Å². The second-order valence-electron chi connectivity index (χ2n) is 2.76. The maximum Gasteiger partial charge on any atom is 0.242 e. The summed E-state index contributed by atoms with van der Waals surface area (Å²) >= 11 is 4.59. The van der Waals surface area contributed by atoms with Gasteiger partial charge in [0, 0.05) is 0 Å². The fraction of sp³-hybridized carbons (Fsp3) is 0.250. The molecule has 1 heterocycles. The summed E-state index contributed by atoms with van der Waals surface area (Å²) in [6.07, 6.45) is 2.42. The fourth-order valence-corrected chi connectivity index (χ4v) is 1.14. The molecule has 1 rings (SSSR count). The number of hydrogen-bond acceptors (Lipinski definition) is 4. The Balaban J connectivity index is 2.78. The average molecular weight is 212 g/mol. The van der Waals surface area contributed by atoms with Gasteiger partial charge in [-0.25, -0.2) is 0 Å². The molecular formula is C8H8N2O3S. The third-order valence-electron chi connectivity index (χ3n) is 1.56. The molecule has 1 fully saturated rings. The molecule has 0 atom stereocenters. The SMILES string of the molecule is CC(=O)C=CC1C(=O)NC(=S)NC1=O. The van der Waals surface area contributed by atoms with Gasteiger partial charge < -0.3 is 10.6 Å². The Morgan fingerprint density at radius 1 is 1.36 bits per heavy atom. The summed E-state index contributed by atoms with van der Waals surface area (Å²) in [6, 6.07) is 0. The van der Waals surface area contributed by atoms with E-state index in [1.54, 1.807) is 0 Å². The molecule has 2 amide bonds. The molecule has 0 unspecified atom stereocenters. The van der Waals surface area contributed by atoms with Gasteiger partial charge in [-0.3, -0.25) is 14.4 Å². The highest BCUT2D eigenvalue weighted by Gasteiger charge is 2.30. The highest BCUT2D eigenvalue weighted by Crippen LogP contribution is 2.03. The summed E-state index contributed by atoms with van der Waals surface area (Å²) in [5, 5.41) is 4.56. The summed E-state index contributed by atoms with van der Waals surface area (Å²) in [5.74, 6) is -2.24.